The van der Waals surface area contributed by atoms with Crippen LogP contribution >= 0.6 is 38.9 Å². The molecule has 0 radical (unpaired) electrons. The molecule has 0 spiro atoms. The lowest BCUT2D eigenvalue weighted by atomic mass is 10.1. The van der Waals surface area contributed by atoms with E-state index in [1.54, 1.807) is 11.3 Å². The van der Waals surface area contributed by atoms with Crippen molar-refractivity contribution < 1.29 is 0 Å². The van der Waals surface area contributed by atoms with Crippen molar-refractivity contribution in [2.24, 2.45) is 0 Å². The first-order valence-electron chi connectivity index (χ1n) is 3.95. The maximum Gasteiger partial charge on any atom is 0.0522 e. The number of benzene rings is 1. The van der Waals surface area contributed by atoms with Crippen LogP contribution in [-0.2, 0) is 5.33 Å². The Morgan fingerprint density at radius 1 is 1.54 bits per heavy atom. The number of rotatable bonds is 1. The lowest BCUT2D eigenvalue weighted by Gasteiger charge is -2.04. The molecule has 68 valence electrons. The fourth-order valence-corrected chi connectivity index (χ4v) is 3.25. The summed E-state index contributed by atoms with van der Waals surface area (Å²) in [4.78, 5) is 0. The molecule has 2 rings (SSSR count). The van der Waals surface area contributed by atoms with Gasteiger partial charge in [-0.3, -0.25) is 0 Å². The van der Waals surface area contributed by atoms with E-state index in [2.05, 4.69) is 33.4 Å². The Morgan fingerprint density at radius 2 is 2.31 bits per heavy atom. The van der Waals surface area contributed by atoms with E-state index in [4.69, 9.17) is 11.6 Å². The fourth-order valence-electron chi connectivity index (χ4n) is 1.43. The summed E-state index contributed by atoms with van der Waals surface area (Å²) < 4.78 is 1.30. The van der Waals surface area contributed by atoms with Crippen LogP contribution < -0.4 is 0 Å². The van der Waals surface area contributed by atoms with E-state index in [1.165, 1.54) is 15.6 Å². The van der Waals surface area contributed by atoms with Gasteiger partial charge in [-0.05, 0) is 29.5 Å². The van der Waals surface area contributed by atoms with Crippen LogP contribution in [0, 0.1) is 6.92 Å². The number of halogens is 2. The van der Waals surface area contributed by atoms with Crippen molar-refractivity contribution in [2.75, 3.05) is 0 Å². The number of hydrogen-bond acceptors (Lipinski definition) is 1. The molecule has 0 nitrogen and oxygen atoms in total. The zero-order valence-corrected chi connectivity index (χ0v) is 10.3. The molecule has 0 fully saturated rings. The van der Waals surface area contributed by atoms with Crippen LogP contribution in [0.25, 0.3) is 10.1 Å². The van der Waals surface area contributed by atoms with E-state index in [9.17, 15) is 0 Å². The summed E-state index contributed by atoms with van der Waals surface area (Å²) in [7, 11) is 0. The summed E-state index contributed by atoms with van der Waals surface area (Å²) >= 11 is 11.4. The van der Waals surface area contributed by atoms with Gasteiger partial charge in [-0.1, -0.05) is 33.6 Å². The Kier molecular flexibility index (Phi) is 2.63. The number of hydrogen-bond donors (Lipinski definition) is 0. The molecule has 0 aliphatic rings. The maximum absolute atomic E-state index is 6.19. The van der Waals surface area contributed by atoms with Gasteiger partial charge in [-0.25, -0.2) is 0 Å². The zero-order chi connectivity index (χ0) is 9.42. The molecule has 0 N–H and O–H groups in total. The fraction of sp³-hybridized carbons (Fsp3) is 0.200. The SMILES string of the molecule is Cc1cc(CBr)c2sccc2c1Cl. The molecule has 1 aromatic heterocycles. The minimum absolute atomic E-state index is 0.890. The highest BCUT2D eigenvalue weighted by molar-refractivity contribution is 9.08. The first kappa shape index (κ1) is 9.50. The summed E-state index contributed by atoms with van der Waals surface area (Å²) in [5.74, 6) is 0. The van der Waals surface area contributed by atoms with E-state index in [0.717, 1.165) is 15.9 Å². The third-order valence-corrected chi connectivity index (χ3v) is 4.17. The molecule has 0 bridgehead atoms. The van der Waals surface area contributed by atoms with Gasteiger partial charge < -0.3 is 0 Å². The predicted octanol–water partition coefficient (Wildman–Crippen LogP) is 4.76. The van der Waals surface area contributed by atoms with Crippen molar-refractivity contribution in [3.63, 3.8) is 0 Å². The zero-order valence-electron chi connectivity index (χ0n) is 7.10. The third kappa shape index (κ3) is 1.51. The van der Waals surface area contributed by atoms with Gasteiger partial charge in [-0.15, -0.1) is 11.3 Å². The summed E-state index contributed by atoms with van der Waals surface area (Å²) in [6.45, 7) is 2.05. The van der Waals surface area contributed by atoms with Crippen LogP contribution in [0.15, 0.2) is 17.5 Å². The largest absolute Gasteiger partial charge is 0.143 e. The molecule has 1 heterocycles. The van der Waals surface area contributed by atoms with Crippen LogP contribution in [0.2, 0.25) is 5.02 Å². The van der Waals surface area contributed by atoms with Crippen LogP contribution in [-0.4, -0.2) is 0 Å². The monoisotopic (exact) mass is 274 g/mol. The lowest BCUT2D eigenvalue weighted by Crippen LogP contribution is -1.82. The molecule has 13 heavy (non-hydrogen) atoms. The van der Waals surface area contributed by atoms with Crippen LogP contribution in [0.4, 0.5) is 0 Å². The van der Waals surface area contributed by atoms with Gasteiger partial charge in [0.25, 0.3) is 0 Å². The molecule has 0 atom stereocenters. The van der Waals surface area contributed by atoms with E-state index in [1.807, 2.05) is 6.92 Å². The Bertz CT molecular complexity index is 447. The van der Waals surface area contributed by atoms with Crippen LogP contribution in [0.5, 0.6) is 0 Å². The van der Waals surface area contributed by atoms with Crippen molar-refractivity contribution in [1.29, 1.82) is 0 Å². The van der Waals surface area contributed by atoms with Gasteiger partial charge in [0, 0.05) is 15.4 Å². The standard InChI is InChI=1S/C10H8BrClS/c1-6-4-7(5-11)10-8(9(6)12)2-3-13-10/h2-4H,5H2,1H3. The predicted molar refractivity (Wildman–Crippen MR) is 64.2 cm³/mol. The molecular formula is C10H8BrClS. The smallest absolute Gasteiger partial charge is 0.0522 e. The minimum Gasteiger partial charge on any atom is -0.143 e. The highest BCUT2D eigenvalue weighted by Crippen LogP contribution is 2.34. The molecule has 0 amide bonds. The van der Waals surface area contributed by atoms with Crippen molar-refractivity contribution in [2.45, 2.75) is 12.3 Å². The molecule has 0 unspecified atom stereocenters. The van der Waals surface area contributed by atoms with E-state index < -0.39 is 0 Å². The molecule has 0 saturated heterocycles. The highest BCUT2D eigenvalue weighted by atomic mass is 79.9. The van der Waals surface area contributed by atoms with Crippen molar-refractivity contribution in [3.8, 4) is 0 Å². The van der Waals surface area contributed by atoms with E-state index in [-0.39, 0.29) is 0 Å². The number of aryl methyl sites for hydroxylation is 1. The van der Waals surface area contributed by atoms with Crippen LogP contribution in [0.3, 0.4) is 0 Å². The van der Waals surface area contributed by atoms with Gasteiger partial charge in [0.15, 0.2) is 0 Å². The molecule has 0 saturated carbocycles. The Hall–Kier alpha value is -0.0500. The number of fused-ring (bicyclic) bond motifs is 1. The van der Waals surface area contributed by atoms with Crippen molar-refractivity contribution in [1.82, 2.24) is 0 Å². The van der Waals surface area contributed by atoms with Crippen molar-refractivity contribution >= 4 is 49.0 Å². The van der Waals surface area contributed by atoms with Gasteiger partial charge in [-0.2, -0.15) is 0 Å². The van der Waals surface area contributed by atoms with Gasteiger partial charge in [0.05, 0.1) is 5.02 Å². The van der Waals surface area contributed by atoms with Gasteiger partial charge in [0.2, 0.25) is 0 Å². The van der Waals surface area contributed by atoms with Gasteiger partial charge >= 0.3 is 0 Å². The molecular weight excluding hydrogens is 268 g/mol. The quantitative estimate of drug-likeness (QED) is 0.658. The van der Waals surface area contributed by atoms with E-state index in [0.29, 0.717) is 0 Å². The van der Waals surface area contributed by atoms with E-state index >= 15 is 0 Å². The number of alkyl halides is 1. The first-order valence-corrected chi connectivity index (χ1v) is 6.33. The highest BCUT2D eigenvalue weighted by Gasteiger charge is 2.07. The molecule has 2 aromatic rings. The first-order chi connectivity index (χ1) is 6.24. The summed E-state index contributed by atoms with van der Waals surface area (Å²) in [5.41, 5.74) is 2.48. The Balaban J connectivity index is 2.87. The Labute approximate surface area is 94.7 Å². The Morgan fingerprint density at radius 3 is 3.00 bits per heavy atom. The molecule has 3 heteroatoms. The average molecular weight is 276 g/mol. The minimum atomic E-state index is 0.890. The molecule has 0 aliphatic heterocycles. The normalized spacial score (nSPS) is 11.0. The molecule has 1 aromatic carbocycles. The topological polar surface area (TPSA) is 0 Å². The second-order valence-electron chi connectivity index (χ2n) is 2.96. The third-order valence-electron chi connectivity index (χ3n) is 2.07. The summed E-state index contributed by atoms with van der Waals surface area (Å²) in [6, 6.07) is 4.23. The second-order valence-corrected chi connectivity index (χ2v) is 4.82. The van der Waals surface area contributed by atoms with Gasteiger partial charge in [0.1, 0.15) is 0 Å². The second kappa shape index (κ2) is 3.60. The van der Waals surface area contributed by atoms with Crippen molar-refractivity contribution in [3.05, 3.63) is 33.7 Å². The summed E-state index contributed by atoms with van der Waals surface area (Å²) in [6.07, 6.45) is 0. The maximum atomic E-state index is 6.19. The molecule has 0 aliphatic carbocycles. The summed E-state index contributed by atoms with van der Waals surface area (Å²) in [5, 5.41) is 5.05. The number of thiophene rings is 1. The van der Waals surface area contributed by atoms with Crippen LogP contribution in [0.1, 0.15) is 11.1 Å². The lowest BCUT2D eigenvalue weighted by molar-refractivity contribution is 1.42. The average Bonchev–Trinajstić information content (AvgIpc) is 2.60.